The van der Waals surface area contributed by atoms with Gasteiger partial charge in [-0.05, 0) is 38.5 Å². The van der Waals surface area contributed by atoms with Gasteiger partial charge in [-0.1, -0.05) is 117 Å². The summed E-state index contributed by atoms with van der Waals surface area (Å²) in [5, 5.41) is 8.72. The molecule has 4 heteroatoms. The zero-order chi connectivity index (χ0) is 24.4. The van der Waals surface area contributed by atoms with Crippen LogP contribution in [0.4, 0.5) is 0 Å². The van der Waals surface area contributed by atoms with Gasteiger partial charge in [0, 0.05) is 12.8 Å². The number of unbranched alkanes of at least 4 members (excludes halogenated alkanes) is 17. The molecule has 0 heterocycles. The summed E-state index contributed by atoms with van der Waals surface area (Å²) in [6, 6.07) is 0. The second-order valence-corrected chi connectivity index (χ2v) is 9.95. The quantitative estimate of drug-likeness (QED) is 0.101. The van der Waals surface area contributed by atoms with Crippen LogP contribution >= 0.6 is 0 Å². The molecule has 1 atom stereocenters. The molecule has 0 saturated carbocycles. The number of carboxylic acid groups (broad SMARTS) is 1. The van der Waals surface area contributed by atoms with Crippen LogP contribution in [0.5, 0.6) is 0 Å². The van der Waals surface area contributed by atoms with E-state index in [4.69, 9.17) is 9.84 Å². The van der Waals surface area contributed by atoms with Crippen LogP contribution < -0.4 is 0 Å². The van der Waals surface area contributed by atoms with Crippen molar-refractivity contribution in [3.8, 4) is 0 Å². The summed E-state index contributed by atoms with van der Waals surface area (Å²) in [6.45, 7) is 4.45. The smallest absolute Gasteiger partial charge is 0.306 e. The summed E-state index contributed by atoms with van der Waals surface area (Å²) >= 11 is 0. The standard InChI is InChI=1S/C29H56O4/c1-3-5-7-9-10-11-12-13-14-16-19-23-27(33-29(32)26-22-8-6-4-2)24-20-17-15-18-21-25-28(30)31/h27H,3-26H2,1-2H3,(H,30,31). The maximum Gasteiger partial charge on any atom is 0.306 e. The Balaban J connectivity index is 3.98. The van der Waals surface area contributed by atoms with Gasteiger partial charge in [0.25, 0.3) is 0 Å². The van der Waals surface area contributed by atoms with Crippen LogP contribution in [0, 0.1) is 0 Å². The Morgan fingerprint density at radius 3 is 1.36 bits per heavy atom. The summed E-state index contributed by atoms with van der Waals surface area (Å²) in [6.07, 6.45) is 27.0. The van der Waals surface area contributed by atoms with Gasteiger partial charge in [0.05, 0.1) is 0 Å². The van der Waals surface area contributed by atoms with Crippen molar-refractivity contribution in [1.82, 2.24) is 0 Å². The number of rotatable bonds is 26. The predicted octanol–water partition coefficient (Wildman–Crippen LogP) is 9.38. The number of ether oxygens (including phenoxy) is 1. The van der Waals surface area contributed by atoms with Gasteiger partial charge in [0.15, 0.2) is 0 Å². The van der Waals surface area contributed by atoms with E-state index < -0.39 is 5.97 Å². The van der Waals surface area contributed by atoms with E-state index in [0.717, 1.165) is 64.2 Å². The van der Waals surface area contributed by atoms with E-state index in [2.05, 4.69) is 13.8 Å². The first kappa shape index (κ1) is 31.9. The highest BCUT2D eigenvalue weighted by molar-refractivity contribution is 5.69. The highest BCUT2D eigenvalue weighted by Gasteiger charge is 2.14. The van der Waals surface area contributed by atoms with Crippen molar-refractivity contribution in [2.24, 2.45) is 0 Å². The summed E-state index contributed by atoms with van der Waals surface area (Å²) in [5.74, 6) is -0.714. The molecule has 1 unspecified atom stereocenters. The fourth-order valence-electron chi connectivity index (χ4n) is 4.42. The number of carboxylic acids is 1. The van der Waals surface area contributed by atoms with E-state index in [9.17, 15) is 9.59 Å². The minimum Gasteiger partial charge on any atom is -0.481 e. The predicted molar refractivity (Wildman–Crippen MR) is 140 cm³/mol. The van der Waals surface area contributed by atoms with E-state index in [1.165, 1.54) is 77.0 Å². The highest BCUT2D eigenvalue weighted by Crippen LogP contribution is 2.18. The number of aliphatic carboxylic acids is 1. The molecular formula is C29H56O4. The van der Waals surface area contributed by atoms with Gasteiger partial charge in [0.2, 0.25) is 0 Å². The normalized spacial score (nSPS) is 12.1. The molecule has 0 bridgehead atoms. The van der Waals surface area contributed by atoms with E-state index >= 15 is 0 Å². The molecule has 0 amide bonds. The van der Waals surface area contributed by atoms with Gasteiger partial charge in [-0.2, -0.15) is 0 Å². The number of carbonyl (C=O) groups excluding carboxylic acids is 1. The topological polar surface area (TPSA) is 63.6 Å². The van der Waals surface area contributed by atoms with Crippen molar-refractivity contribution < 1.29 is 19.4 Å². The average molecular weight is 469 g/mol. The number of hydrogen-bond donors (Lipinski definition) is 1. The zero-order valence-electron chi connectivity index (χ0n) is 22.2. The maximum absolute atomic E-state index is 12.3. The second kappa shape index (κ2) is 25.6. The van der Waals surface area contributed by atoms with Crippen molar-refractivity contribution in [3.63, 3.8) is 0 Å². The van der Waals surface area contributed by atoms with Crippen LogP contribution in [-0.2, 0) is 14.3 Å². The van der Waals surface area contributed by atoms with E-state index in [1.807, 2.05) is 0 Å². The Morgan fingerprint density at radius 2 is 0.909 bits per heavy atom. The third kappa shape index (κ3) is 25.4. The molecule has 4 nitrogen and oxygen atoms in total. The lowest BCUT2D eigenvalue weighted by atomic mass is 10.0. The summed E-state index contributed by atoms with van der Waals surface area (Å²) in [7, 11) is 0. The number of esters is 1. The largest absolute Gasteiger partial charge is 0.481 e. The average Bonchev–Trinajstić information content (AvgIpc) is 2.79. The monoisotopic (exact) mass is 468 g/mol. The third-order valence-corrected chi connectivity index (χ3v) is 6.58. The van der Waals surface area contributed by atoms with Crippen LogP contribution in [0.25, 0.3) is 0 Å². The van der Waals surface area contributed by atoms with Crippen LogP contribution in [0.2, 0.25) is 0 Å². The van der Waals surface area contributed by atoms with E-state index in [1.54, 1.807) is 0 Å². The van der Waals surface area contributed by atoms with Crippen molar-refractivity contribution >= 4 is 11.9 Å². The second-order valence-electron chi connectivity index (χ2n) is 9.95. The first-order chi connectivity index (χ1) is 16.1. The lowest BCUT2D eigenvalue weighted by Gasteiger charge is -2.18. The molecule has 0 aromatic rings. The van der Waals surface area contributed by atoms with Crippen LogP contribution in [0.15, 0.2) is 0 Å². The van der Waals surface area contributed by atoms with Crippen molar-refractivity contribution in [3.05, 3.63) is 0 Å². The third-order valence-electron chi connectivity index (χ3n) is 6.58. The van der Waals surface area contributed by atoms with Gasteiger partial charge in [-0.3, -0.25) is 9.59 Å². The highest BCUT2D eigenvalue weighted by atomic mass is 16.5. The molecule has 0 aromatic carbocycles. The molecular weight excluding hydrogens is 412 g/mol. The maximum atomic E-state index is 12.3. The number of hydrogen-bond acceptors (Lipinski definition) is 3. The summed E-state index contributed by atoms with van der Waals surface area (Å²) in [5.41, 5.74) is 0. The van der Waals surface area contributed by atoms with Gasteiger partial charge < -0.3 is 9.84 Å². The first-order valence-corrected chi connectivity index (χ1v) is 14.5. The van der Waals surface area contributed by atoms with Crippen molar-refractivity contribution in [2.45, 2.75) is 174 Å². The molecule has 0 rings (SSSR count). The van der Waals surface area contributed by atoms with E-state index in [0.29, 0.717) is 6.42 Å². The molecule has 0 aliphatic carbocycles. The Labute approximate surface area is 205 Å². The molecule has 33 heavy (non-hydrogen) atoms. The Morgan fingerprint density at radius 1 is 0.545 bits per heavy atom. The molecule has 1 N–H and O–H groups in total. The Kier molecular flexibility index (Phi) is 24.7. The fraction of sp³-hybridized carbons (Fsp3) is 0.931. The fourth-order valence-corrected chi connectivity index (χ4v) is 4.42. The lowest BCUT2D eigenvalue weighted by molar-refractivity contribution is -0.150. The molecule has 0 aliphatic rings. The Hall–Kier alpha value is -1.06. The van der Waals surface area contributed by atoms with Crippen LogP contribution in [0.1, 0.15) is 168 Å². The zero-order valence-corrected chi connectivity index (χ0v) is 22.2. The molecule has 0 aromatic heterocycles. The van der Waals surface area contributed by atoms with Gasteiger partial charge in [-0.25, -0.2) is 0 Å². The molecule has 196 valence electrons. The summed E-state index contributed by atoms with van der Waals surface area (Å²) in [4.78, 5) is 22.9. The lowest BCUT2D eigenvalue weighted by Crippen LogP contribution is -2.18. The molecule has 0 spiro atoms. The van der Waals surface area contributed by atoms with Crippen LogP contribution in [-0.4, -0.2) is 23.1 Å². The Bertz CT molecular complexity index is 435. The van der Waals surface area contributed by atoms with Crippen molar-refractivity contribution in [1.29, 1.82) is 0 Å². The van der Waals surface area contributed by atoms with Crippen molar-refractivity contribution in [2.75, 3.05) is 0 Å². The number of carbonyl (C=O) groups is 2. The SMILES string of the molecule is CCCCCCCCCCCCCC(CCCCCCCC(=O)O)OC(=O)CCCCCC. The van der Waals surface area contributed by atoms with Gasteiger partial charge in [0.1, 0.15) is 6.10 Å². The first-order valence-electron chi connectivity index (χ1n) is 14.5. The summed E-state index contributed by atoms with van der Waals surface area (Å²) < 4.78 is 5.87. The van der Waals surface area contributed by atoms with Crippen LogP contribution in [0.3, 0.4) is 0 Å². The molecule has 0 radical (unpaired) electrons. The molecule has 0 aliphatic heterocycles. The van der Waals surface area contributed by atoms with Gasteiger partial charge in [-0.15, -0.1) is 0 Å². The van der Waals surface area contributed by atoms with Gasteiger partial charge >= 0.3 is 11.9 Å². The minimum absolute atomic E-state index is 0.0133. The van der Waals surface area contributed by atoms with E-state index in [-0.39, 0.29) is 18.5 Å². The molecule has 0 saturated heterocycles. The minimum atomic E-state index is -0.701. The molecule has 0 fully saturated rings.